The molecule has 1 heterocycles. The van der Waals surface area contributed by atoms with Gasteiger partial charge in [0.2, 0.25) is 0 Å². The van der Waals surface area contributed by atoms with Crippen LogP contribution in [0.15, 0.2) is 9.98 Å². The quantitative estimate of drug-likeness (QED) is 0.825. The summed E-state index contributed by atoms with van der Waals surface area (Å²) in [7, 11) is 0. The predicted molar refractivity (Wildman–Crippen MR) is 73.7 cm³/mol. The Bertz CT molecular complexity index is 398. The van der Waals surface area contributed by atoms with Crippen LogP contribution in [0.5, 0.6) is 0 Å². The molecule has 96 valence electrons. The zero-order chi connectivity index (χ0) is 13.2. The van der Waals surface area contributed by atoms with E-state index in [0.717, 1.165) is 4.60 Å². The standard InChI is InChI=1S/C11H17BrN2O2S/c1-7(2)14(9-13-8(12)6-17-9)10(15)16-11(3,4)5/h6-7H,1-5H3. The molecule has 1 amide bonds. The van der Waals surface area contributed by atoms with Crippen molar-refractivity contribution in [3.05, 3.63) is 9.98 Å². The molecule has 1 aromatic rings. The molecule has 0 unspecified atom stereocenters. The maximum Gasteiger partial charge on any atom is 0.416 e. The van der Waals surface area contributed by atoms with Gasteiger partial charge in [0.25, 0.3) is 0 Å². The number of rotatable bonds is 2. The molecule has 0 radical (unpaired) electrons. The highest BCUT2D eigenvalue weighted by Crippen LogP contribution is 2.26. The van der Waals surface area contributed by atoms with E-state index in [1.54, 1.807) is 4.90 Å². The summed E-state index contributed by atoms with van der Waals surface area (Å²) in [5.74, 6) is 0. The summed E-state index contributed by atoms with van der Waals surface area (Å²) in [6.07, 6.45) is -0.366. The number of nitrogens with zero attached hydrogens (tertiary/aromatic N) is 2. The Balaban J connectivity index is 2.91. The zero-order valence-electron chi connectivity index (χ0n) is 10.7. The third-order valence-corrected chi connectivity index (χ3v) is 3.33. The van der Waals surface area contributed by atoms with E-state index in [4.69, 9.17) is 4.74 Å². The average molecular weight is 321 g/mol. The average Bonchev–Trinajstić information content (AvgIpc) is 2.47. The van der Waals surface area contributed by atoms with Crippen molar-refractivity contribution in [3.8, 4) is 0 Å². The highest BCUT2D eigenvalue weighted by Gasteiger charge is 2.27. The van der Waals surface area contributed by atoms with E-state index in [0.29, 0.717) is 5.13 Å². The molecule has 0 atom stereocenters. The van der Waals surface area contributed by atoms with Gasteiger partial charge in [0.05, 0.1) is 0 Å². The van der Waals surface area contributed by atoms with Gasteiger partial charge in [-0.05, 0) is 50.5 Å². The van der Waals surface area contributed by atoms with Gasteiger partial charge in [-0.2, -0.15) is 0 Å². The van der Waals surface area contributed by atoms with Crippen molar-refractivity contribution in [1.29, 1.82) is 0 Å². The van der Waals surface area contributed by atoms with E-state index in [1.807, 2.05) is 40.0 Å². The predicted octanol–water partition coefficient (Wildman–Crippen LogP) is 4.06. The van der Waals surface area contributed by atoms with Gasteiger partial charge in [0.15, 0.2) is 5.13 Å². The van der Waals surface area contributed by atoms with Gasteiger partial charge < -0.3 is 4.74 Å². The molecule has 0 aliphatic rings. The second kappa shape index (κ2) is 5.35. The van der Waals surface area contributed by atoms with E-state index in [1.165, 1.54) is 11.3 Å². The minimum absolute atomic E-state index is 0.00269. The maximum atomic E-state index is 12.1. The Morgan fingerprint density at radius 2 is 2.12 bits per heavy atom. The van der Waals surface area contributed by atoms with Gasteiger partial charge in [-0.15, -0.1) is 11.3 Å². The zero-order valence-corrected chi connectivity index (χ0v) is 13.1. The van der Waals surface area contributed by atoms with Crippen LogP contribution in [-0.4, -0.2) is 22.7 Å². The summed E-state index contributed by atoms with van der Waals surface area (Å²) in [6, 6.07) is 0.00269. The number of hydrogen-bond acceptors (Lipinski definition) is 4. The van der Waals surface area contributed by atoms with Crippen LogP contribution in [0.4, 0.5) is 9.93 Å². The fraction of sp³-hybridized carbons (Fsp3) is 0.636. The van der Waals surface area contributed by atoms with Crippen LogP contribution in [0.1, 0.15) is 34.6 Å². The number of carbonyl (C=O) groups is 1. The summed E-state index contributed by atoms with van der Waals surface area (Å²) >= 11 is 4.69. The second-order valence-corrected chi connectivity index (χ2v) is 6.55. The highest BCUT2D eigenvalue weighted by molar-refractivity contribution is 9.10. The van der Waals surface area contributed by atoms with Crippen molar-refractivity contribution in [3.63, 3.8) is 0 Å². The highest BCUT2D eigenvalue weighted by atomic mass is 79.9. The Hall–Kier alpha value is -0.620. The lowest BCUT2D eigenvalue weighted by Crippen LogP contribution is -2.41. The molecule has 4 nitrogen and oxygen atoms in total. The molecule has 17 heavy (non-hydrogen) atoms. The molecule has 0 aliphatic carbocycles. The molecule has 0 saturated heterocycles. The first kappa shape index (κ1) is 14.4. The van der Waals surface area contributed by atoms with Gasteiger partial charge in [-0.25, -0.2) is 9.78 Å². The summed E-state index contributed by atoms with van der Waals surface area (Å²) < 4.78 is 6.09. The number of thiazole rings is 1. The first-order chi connectivity index (χ1) is 7.70. The fourth-order valence-electron chi connectivity index (χ4n) is 1.18. The van der Waals surface area contributed by atoms with E-state index in [9.17, 15) is 4.79 Å². The number of amides is 1. The number of halogens is 1. The molecule has 0 bridgehead atoms. The lowest BCUT2D eigenvalue weighted by molar-refractivity contribution is 0.0570. The van der Waals surface area contributed by atoms with Gasteiger partial charge in [-0.3, -0.25) is 4.90 Å². The third kappa shape index (κ3) is 4.27. The van der Waals surface area contributed by atoms with Crippen LogP contribution in [0.2, 0.25) is 0 Å². The summed E-state index contributed by atoms with van der Waals surface area (Å²) in [5.41, 5.74) is -0.501. The topological polar surface area (TPSA) is 42.4 Å². The normalized spacial score (nSPS) is 11.7. The maximum absolute atomic E-state index is 12.1. The van der Waals surface area contributed by atoms with E-state index in [-0.39, 0.29) is 12.1 Å². The summed E-state index contributed by atoms with van der Waals surface area (Å²) in [4.78, 5) is 17.9. The van der Waals surface area contributed by atoms with E-state index >= 15 is 0 Å². The number of ether oxygens (including phenoxy) is 1. The molecular weight excluding hydrogens is 304 g/mol. The Morgan fingerprint density at radius 1 is 1.53 bits per heavy atom. The number of aromatic nitrogens is 1. The lowest BCUT2D eigenvalue weighted by atomic mass is 10.2. The fourth-order valence-corrected chi connectivity index (χ4v) is 2.55. The monoisotopic (exact) mass is 320 g/mol. The Morgan fingerprint density at radius 3 is 2.47 bits per heavy atom. The summed E-state index contributed by atoms with van der Waals surface area (Å²) in [5, 5.41) is 2.48. The lowest BCUT2D eigenvalue weighted by Gasteiger charge is -2.28. The molecule has 0 saturated carbocycles. The van der Waals surface area contributed by atoms with Crippen LogP contribution in [0, 0.1) is 0 Å². The second-order valence-electron chi connectivity index (χ2n) is 4.90. The summed E-state index contributed by atoms with van der Waals surface area (Å²) in [6.45, 7) is 9.40. The molecule has 0 aliphatic heterocycles. The van der Waals surface area contributed by atoms with Crippen LogP contribution < -0.4 is 4.90 Å². The number of anilines is 1. The van der Waals surface area contributed by atoms with Crippen molar-refractivity contribution in [1.82, 2.24) is 4.98 Å². The van der Waals surface area contributed by atoms with Crippen molar-refractivity contribution in [2.24, 2.45) is 0 Å². The SMILES string of the molecule is CC(C)N(C(=O)OC(C)(C)C)c1nc(Br)cs1. The van der Waals surface area contributed by atoms with Gasteiger partial charge >= 0.3 is 6.09 Å². The van der Waals surface area contributed by atoms with Crippen molar-refractivity contribution in [2.75, 3.05) is 4.90 Å². The van der Waals surface area contributed by atoms with Gasteiger partial charge in [0.1, 0.15) is 10.2 Å². The Kier molecular flexibility index (Phi) is 4.55. The van der Waals surface area contributed by atoms with Crippen LogP contribution in [0.3, 0.4) is 0 Å². The van der Waals surface area contributed by atoms with E-state index < -0.39 is 5.60 Å². The first-order valence-corrected chi connectivity index (χ1v) is 7.01. The molecule has 1 rings (SSSR count). The largest absolute Gasteiger partial charge is 0.443 e. The van der Waals surface area contributed by atoms with E-state index in [2.05, 4.69) is 20.9 Å². The van der Waals surface area contributed by atoms with Crippen molar-refractivity contribution in [2.45, 2.75) is 46.3 Å². The first-order valence-electron chi connectivity index (χ1n) is 5.34. The minimum Gasteiger partial charge on any atom is -0.443 e. The number of carbonyl (C=O) groups excluding carboxylic acids is 1. The molecule has 0 aromatic carbocycles. The molecule has 1 aromatic heterocycles. The molecular formula is C11H17BrN2O2S. The van der Waals surface area contributed by atoms with Gasteiger partial charge in [-0.1, -0.05) is 0 Å². The molecule has 0 spiro atoms. The van der Waals surface area contributed by atoms with Crippen LogP contribution >= 0.6 is 27.3 Å². The van der Waals surface area contributed by atoms with Crippen LogP contribution in [-0.2, 0) is 4.74 Å². The Labute approximate surface area is 114 Å². The third-order valence-electron chi connectivity index (χ3n) is 1.78. The molecule has 6 heteroatoms. The molecule has 0 N–H and O–H groups in total. The minimum atomic E-state index is -0.501. The van der Waals surface area contributed by atoms with Crippen molar-refractivity contribution < 1.29 is 9.53 Å². The van der Waals surface area contributed by atoms with Gasteiger partial charge in [0, 0.05) is 11.4 Å². The van der Waals surface area contributed by atoms with Crippen molar-refractivity contribution >= 4 is 38.5 Å². The van der Waals surface area contributed by atoms with Crippen LogP contribution in [0.25, 0.3) is 0 Å². The smallest absolute Gasteiger partial charge is 0.416 e. The molecule has 0 fully saturated rings. The number of hydrogen-bond donors (Lipinski definition) is 0.